The standard InChI is InChI=1S/C8H14FNO3S/c9-14(11,12)5-6-1-7-3-13-4-8(2-6)10-7/h6-8,10H,1-5H2. The lowest BCUT2D eigenvalue weighted by Crippen LogP contribution is -2.54. The molecule has 0 aromatic carbocycles. The Balaban J connectivity index is 1.96. The summed E-state index contributed by atoms with van der Waals surface area (Å²) >= 11 is 0. The van der Waals surface area contributed by atoms with Crippen LogP contribution in [-0.4, -0.2) is 39.5 Å². The predicted octanol–water partition coefficient (Wildman–Crippen LogP) is 0.0527. The molecule has 2 bridgehead atoms. The molecule has 2 rings (SSSR count). The van der Waals surface area contributed by atoms with E-state index >= 15 is 0 Å². The van der Waals surface area contributed by atoms with Crippen LogP contribution in [-0.2, 0) is 15.0 Å². The summed E-state index contributed by atoms with van der Waals surface area (Å²) in [6.45, 7) is 1.22. The Morgan fingerprint density at radius 1 is 1.29 bits per heavy atom. The molecule has 6 heteroatoms. The summed E-state index contributed by atoms with van der Waals surface area (Å²) < 4.78 is 38.8. The maximum absolute atomic E-state index is 12.5. The van der Waals surface area contributed by atoms with Gasteiger partial charge >= 0.3 is 10.2 Å². The summed E-state index contributed by atoms with van der Waals surface area (Å²) in [5.41, 5.74) is 0. The van der Waals surface area contributed by atoms with Crippen molar-refractivity contribution in [2.24, 2.45) is 5.92 Å². The average Bonchev–Trinajstić information content (AvgIpc) is 1.99. The van der Waals surface area contributed by atoms with Gasteiger partial charge in [0.25, 0.3) is 0 Å². The van der Waals surface area contributed by atoms with E-state index in [2.05, 4.69) is 5.32 Å². The first-order chi connectivity index (χ1) is 6.53. The van der Waals surface area contributed by atoms with Crippen molar-refractivity contribution in [1.29, 1.82) is 0 Å². The first-order valence-electron chi connectivity index (χ1n) is 4.79. The van der Waals surface area contributed by atoms with Crippen molar-refractivity contribution in [1.82, 2.24) is 5.32 Å². The molecule has 2 aliphatic rings. The lowest BCUT2D eigenvalue weighted by molar-refractivity contribution is 0.0110. The first-order valence-corrected chi connectivity index (χ1v) is 6.34. The van der Waals surface area contributed by atoms with Crippen LogP contribution in [0.15, 0.2) is 0 Å². The van der Waals surface area contributed by atoms with Gasteiger partial charge in [-0.3, -0.25) is 0 Å². The summed E-state index contributed by atoms with van der Waals surface area (Å²) in [6, 6.07) is 0.406. The van der Waals surface area contributed by atoms with Gasteiger partial charge in [0, 0.05) is 12.1 Å². The largest absolute Gasteiger partial charge is 0.378 e. The Kier molecular flexibility index (Phi) is 2.77. The molecule has 2 heterocycles. The number of morpholine rings is 1. The highest BCUT2D eigenvalue weighted by Crippen LogP contribution is 2.25. The number of hydrogen-bond acceptors (Lipinski definition) is 4. The number of hydrogen-bond donors (Lipinski definition) is 1. The van der Waals surface area contributed by atoms with Crippen LogP contribution < -0.4 is 5.32 Å². The highest BCUT2D eigenvalue weighted by Gasteiger charge is 2.33. The molecular weight excluding hydrogens is 209 g/mol. The predicted molar refractivity (Wildman–Crippen MR) is 49.1 cm³/mol. The van der Waals surface area contributed by atoms with Crippen LogP contribution in [0, 0.1) is 5.92 Å². The molecule has 2 saturated heterocycles. The molecule has 82 valence electrons. The van der Waals surface area contributed by atoms with Crippen molar-refractivity contribution in [3.63, 3.8) is 0 Å². The summed E-state index contributed by atoms with van der Waals surface area (Å²) in [6.07, 6.45) is 1.39. The Hall–Kier alpha value is -0.200. The maximum atomic E-state index is 12.5. The van der Waals surface area contributed by atoms with Crippen molar-refractivity contribution < 1.29 is 17.0 Å². The van der Waals surface area contributed by atoms with Crippen LogP contribution in [0.2, 0.25) is 0 Å². The van der Waals surface area contributed by atoms with Gasteiger partial charge in [0.05, 0.1) is 19.0 Å². The topological polar surface area (TPSA) is 55.4 Å². The highest BCUT2D eigenvalue weighted by atomic mass is 32.3. The van der Waals surface area contributed by atoms with Crippen LogP contribution in [0.25, 0.3) is 0 Å². The van der Waals surface area contributed by atoms with Crippen LogP contribution in [0.1, 0.15) is 12.8 Å². The van der Waals surface area contributed by atoms with E-state index in [9.17, 15) is 12.3 Å². The number of halogens is 1. The third-order valence-corrected chi connectivity index (χ3v) is 3.65. The fourth-order valence-corrected chi connectivity index (χ4v) is 3.21. The van der Waals surface area contributed by atoms with Crippen molar-refractivity contribution in [3.8, 4) is 0 Å². The van der Waals surface area contributed by atoms with Crippen molar-refractivity contribution in [2.45, 2.75) is 24.9 Å². The van der Waals surface area contributed by atoms with Crippen LogP contribution in [0.5, 0.6) is 0 Å². The van der Waals surface area contributed by atoms with Gasteiger partial charge in [0.15, 0.2) is 0 Å². The molecular formula is C8H14FNO3S. The zero-order chi connectivity index (χ0) is 10.2. The smallest absolute Gasteiger partial charge is 0.302 e. The van der Waals surface area contributed by atoms with Gasteiger partial charge in [-0.1, -0.05) is 0 Å². The fourth-order valence-electron chi connectivity index (χ4n) is 2.37. The van der Waals surface area contributed by atoms with E-state index in [-0.39, 0.29) is 23.8 Å². The zero-order valence-corrected chi connectivity index (χ0v) is 8.60. The maximum Gasteiger partial charge on any atom is 0.302 e. The Bertz CT molecular complexity index is 294. The van der Waals surface area contributed by atoms with Gasteiger partial charge in [-0.2, -0.15) is 8.42 Å². The minimum absolute atomic E-state index is 0.0508. The first kappa shape index (κ1) is 10.3. The van der Waals surface area contributed by atoms with E-state index in [1.165, 1.54) is 0 Å². The summed E-state index contributed by atoms with van der Waals surface area (Å²) in [4.78, 5) is 0. The van der Waals surface area contributed by atoms with Crippen LogP contribution in [0.4, 0.5) is 3.89 Å². The Morgan fingerprint density at radius 3 is 2.36 bits per heavy atom. The lowest BCUT2D eigenvalue weighted by Gasteiger charge is -2.39. The number of rotatable bonds is 2. The highest BCUT2D eigenvalue weighted by molar-refractivity contribution is 7.86. The number of nitrogens with one attached hydrogen (secondary N) is 1. The molecule has 1 N–H and O–H groups in total. The summed E-state index contributed by atoms with van der Waals surface area (Å²) in [5.74, 6) is -0.382. The van der Waals surface area contributed by atoms with Crippen LogP contribution in [0.3, 0.4) is 0 Å². The Labute approximate surface area is 83.0 Å². The summed E-state index contributed by atoms with van der Waals surface area (Å²) in [7, 11) is -4.32. The summed E-state index contributed by atoms with van der Waals surface area (Å²) in [5, 5.41) is 3.33. The lowest BCUT2D eigenvalue weighted by atomic mass is 9.88. The van der Waals surface area contributed by atoms with E-state index in [0.29, 0.717) is 26.1 Å². The van der Waals surface area contributed by atoms with Crippen LogP contribution >= 0.6 is 0 Å². The molecule has 0 aromatic rings. The molecule has 0 amide bonds. The molecule has 0 aliphatic carbocycles. The fraction of sp³-hybridized carbons (Fsp3) is 1.00. The number of ether oxygens (including phenoxy) is 1. The van der Waals surface area contributed by atoms with Crippen molar-refractivity contribution in [3.05, 3.63) is 0 Å². The average molecular weight is 223 g/mol. The second kappa shape index (κ2) is 3.75. The molecule has 2 fully saturated rings. The minimum atomic E-state index is -4.32. The molecule has 0 saturated carbocycles. The van der Waals surface area contributed by atoms with E-state index < -0.39 is 10.2 Å². The van der Waals surface area contributed by atoms with Crippen molar-refractivity contribution in [2.75, 3.05) is 19.0 Å². The van der Waals surface area contributed by atoms with Gasteiger partial charge in [-0.25, -0.2) is 0 Å². The van der Waals surface area contributed by atoms with E-state index in [1.54, 1.807) is 0 Å². The van der Waals surface area contributed by atoms with E-state index in [1.807, 2.05) is 0 Å². The molecule has 0 radical (unpaired) electrons. The SMILES string of the molecule is O=S(=O)(F)CC1CC2COCC(C1)N2. The second-order valence-electron chi connectivity index (χ2n) is 4.14. The molecule has 2 unspecified atom stereocenters. The Morgan fingerprint density at radius 2 is 1.86 bits per heavy atom. The van der Waals surface area contributed by atoms with E-state index in [4.69, 9.17) is 4.74 Å². The van der Waals surface area contributed by atoms with E-state index in [0.717, 1.165) is 0 Å². The number of piperidine rings is 1. The third-order valence-electron chi connectivity index (χ3n) is 2.78. The van der Waals surface area contributed by atoms with Gasteiger partial charge in [-0.15, -0.1) is 3.89 Å². The van der Waals surface area contributed by atoms with Gasteiger partial charge in [0.1, 0.15) is 0 Å². The molecule has 14 heavy (non-hydrogen) atoms. The molecule has 2 atom stereocenters. The molecule has 0 spiro atoms. The molecule has 0 aromatic heterocycles. The van der Waals surface area contributed by atoms with Gasteiger partial charge < -0.3 is 10.1 Å². The number of fused-ring (bicyclic) bond motifs is 2. The van der Waals surface area contributed by atoms with Crippen molar-refractivity contribution >= 4 is 10.2 Å². The molecule has 4 nitrogen and oxygen atoms in total. The zero-order valence-electron chi connectivity index (χ0n) is 7.78. The monoisotopic (exact) mass is 223 g/mol. The second-order valence-corrected chi connectivity index (χ2v) is 5.55. The normalized spacial score (nSPS) is 38.2. The third kappa shape index (κ3) is 2.65. The molecule has 2 aliphatic heterocycles. The van der Waals surface area contributed by atoms with Gasteiger partial charge in [0.2, 0.25) is 0 Å². The van der Waals surface area contributed by atoms with Gasteiger partial charge in [-0.05, 0) is 18.8 Å². The quantitative estimate of drug-likeness (QED) is 0.672. The minimum Gasteiger partial charge on any atom is -0.378 e.